The molecule has 7 heteroatoms. The first-order valence-corrected chi connectivity index (χ1v) is 11.3. The minimum Gasteiger partial charge on any atom is -0.362 e. The van der Waals surface area contributed by atoms with Crippen LogP contribution in [0.2, 0.25) is 0 Å². The summed E-state index contributed by atoms with van der Waals surface area (Å²) in [5.74, 6) is 1.43. The number of fused-ring (bicyclic) bond motifs is 2. The van der Waals surface area contributed by atoms with E-state index in [-0.39, 0.29) is 5.82 Å². The molecule has 0 atom stereocenters. The van der Waals surface area contributed by atoms with E-state index in [0.717, 1.165) is 59.9 Å². The first-order chi connectivity index (χ1) is 15.6. The van der Waals surface area contributed by atoms with Gasteiger partial charge in [0.25, 0.3) is 0 Å². The van der Waals surface area contributed by atoms with E-state index in [0.29, 0.717) is 18.0 Å². The lowest BCUT2D eigenvalue weighted by atomic mass is 9.91. The number of anilines is 2. The minimum absolute atomic E-state index is 0.210. The van der Waals surface area contributed by atoms with Crippen LogP contribution in [0.4, 0.5) is 16.2 Å². The molecule has 1 aliphatic rings. The number of para-hydroxylation sites is 1. The van der Waals surface area contributed by atoms with Gasteiger partial charge in [0.1, 0.15) is 11.6 Å². The van der Waals surface area contributed by atoms with Crippen LogP contribution in [-0.4, -0.2) is 41.1 Å². The number of halogens is 1. The zero-order chi connectivity index (χ0) is 22.1. The summed E-state index contributed by atoms with van der Waals surface area (Å²) in [6.07, 6.45) is 6.32. The Labute approximate surface area is 187 Å². The molecule has 0 unspecified atom stereocenters. The third-order valence-electron chi connectivity index (χ3n) is 6.38. The summed E-state index contributed by atoms with van der Waals surface area (Å²) in [5.41, 5.74) is 2.99. The molecule has 0 amide bonds. The van der Waals surface area contributed by atoms with Gasteiger partial charge in [-0.1, -0.05) is 12.1 Å². The van der Waals surface area contributed by atoms with E-state index in [1.165, 1.54) is 11.6 Å². The summed E-state index contributed by atoms with van der Waals surface area (Å²) in [6.45, 7) is 0.786. The molecule has 1 fully saturated rings. The molecule has 3 N–H and O–H groups in total. The maximum Gasteiger partial charge on any atom is 0.225 e. The highest BCUT2D eigenvalue weighted by molar-refractivity contribution is 5.90. The molecular weight excluding hydrogens is 403 g/mol. The number of aromatic nitrogens is 3. The van der Waals surface area contributed by atoms with Crippen molar-refractivity contribution in [1.82, 2.24) is 20.3 Å². The lowest BCUT2D eigenvalue weighted by molar-refractivity contribution is 0.352. The van der Waals surface area contributed by atoms with Gasteiger partial charge in [0.05, 0.1) is 5.52 Å². The Hall–Kier alpha value is -3.19. The van der Waals surface area contributed by atoms with E-state index in [9.17, 15) is 4.39 Å². The van der Waals surface area contributed by atoms with Gasteiger partial charge in [-0.25, -0.2) is 9.37 Å². The molecule has 2 heterocycles. The lowest BCUT2D eigenvalue weighted by Crippen LogP contribution is -2.36. The number of nitrogens with zero attached hydrogens (tertiary/aromatic N) is 3. The summed E-state index contributed by atoms with van der Waals surface area (Å²) < 4.78 is 13.4. The van der Waals surface area contributed by atoms with Crippen molar-refractivity contribution < 1.29 is 4.39 Å². The molecule has 32 heavy (non-hydrogen) atoms. The summed E-state index contributed by atoms with van der Waals surface area (Å²) in [4.78, 5) is 14.7. The van der Waals surface area contributed by atoms with Crippen molar-refractivity contribution in [3.8, 4) is 0 Å². The van der Waals surface area contributed by atoms with Crippen molar-refractivity contribution >= 4 is 33.6 Å². The van der Waals surface area contributed by atoms with Crippen LogP contribution >= 0.6 is 0 Å². The molecule has 1 aliphatic carbocycles. The topological polar surface area (TPSA) is 68.9 Å². The van der Waals surface area contributed by atoms with Crippen molar-refractivity contribution in [2.45, 2.75) is 44.3 Å². The van der Waals surface area contributed by atoms with E-state index in [1.807, 2.05) is 49.5 Å². The molecule has 2 aromatic heterocycles. The van der Waals surface area contributed by atoms with Crippen molar-refractivity contribution in [2.75, 3.05) is 24.3 Å². The molecule has 0 radical (unpaired) electrons. The summed E-state index contributed by atoms with van der Waals surface area (Å²) in [5, 5.41) is 9.40. The van der Waals surface area contributed by atoms with Gasteiger partial charge in [0, 0.05) is 55.2 Å². The standard InChI is InChI=1S/C25H29FN6/c1-32(2)24-21-5-3-4-6-22(21)30-25(31-24)29-19-10-8-18(9-11-19)27-14-16-15-28-23-13-17(26)7-12-20(16)23/h3-7,12-13,15,18-19,27-28H,8-11,14H2,1-2H3,(H,29,30,31)/t18-,19+. The van der Waals surface area contributed by atoms with Crippen LogP contribution in [0.3, 0.4) is 0 Å². The Kier molecular flexibility index (Phi) is 5.66. The zero-order valence-electron chi connectivity index (χ0n) is 18.5. The van der Waals surface area contributed by atoms with Crippen molar-refractivity contribution in [1.29, 1.82) is 0 Å². The molecule has 5 rings (SSSR count). The summed E-state index contributed by atoms with van der Waals surface area (Å²) in [6, 6.07) is 13.9. The number of benzene rings is 2. The maximum atomic E-state index is 13.4. The molecule has 2 aromatic carbocycles. The highest BCUT2D eigenvalue weighted by Gasteiger charge is 2.22. The average molecular weight is 433 g/mol. The van der Waals surface area contributed by atoms with Gasteiger partial charge < -0.3 is 20.5 Å². The molecule has 4 aromatic rings. The fourth-order valence-electron chi connectivity index (χ4n) is 4.65. The number of nitrogens with one attached hydrogen (secondary N) is 3. The second-order valence-electron chi connectivity index (χ2n) is 8.86. The predicted octanol–water partition coefficient (Wildman–Crippen LogP) is 4.83. The van der Waals surface area contributed by atoms with E-state index < -0.39 is 0 Å². The highest BCUT2D eigenvalue weighted by atomic mass is 19.1. The van der Waals surface area contributed by atoms with Crippen molar-refractivity contribution in [2.24, 2.45) is 0 Å². The second kappa shape index (κ2) is 8.74. The van der Waals surface area contributed by atoms with Crippen LogP contribution < -0.4 is 15.5 Å². The van der Waals surface area contributed by atoms with Crippen LogP contribution in [0.1, 0.15) is 31.2 Å². The smallest absolute Gasteiger partial charge is 0.225 e. The Balaban J connectivity index is 1.19. The second-order valence-corrected chi connectivity index (χ2v) is 8.86. The average Bonchev–Trinajstić information content (AvgIpc) is 3.20. The molecule has 1 saturated carbocycles. The van der Waals surface area contributed by atoms with Gasteiger partial charge in [0.15, 0.2) is 0 Å². The molecule has 0 spiro atoms. The number of hydrogen-bond acceptors (Lipinski definition) is 5. The monoisotopic (exact) mass is 432 g/mol. The van der Waals surface area contributed by atoms with E-state index in [4.69, 9.17) is 9.97 Å². The minimum atomic E-state index is -0.210. The predicted molar refractivity (Wildman–Crippen MR) is 129 cm³/mol. The van der Waals surface area contributed by atoms with E-state index in [1.54, 1.807) is 6.07 Å². The summed E-state index contributed by atoms with van der Waals surface area (Å²) in [7, 11) is 4.03. The van der Waals surface area contributed by atoms with E-state index in [2.05, 4.69) is 21.7 Å². The number of hydrogen-bond donors (Lipinski definition) is 3. The molecule has 0 aliphatic heterocycles. The van der Waals surface area contributed by atoms with Crippen molar-refractivity contribution in [3.05, 3.63) is 60.0 Å². The molecule has 6 nitrogen and oxygen atoms in total. The first-order valence-electron chi connectivity index (χ1n) is 11.3. The number of H-pyrrole nitrogens is 1. The van der Waals surface area contributed by atoms with Crippen LogP contribution in [-0.2, 0) is 6.54 Å². The van der Waals surface area contributed by atoms with E-state index >= 15 is 0 Å². The SMILES string of the molecule is CN(C)c1nc(N[C@H]2CC[C@@H](NCc3c[nH]c4cc(F)ccc34)CC2)nc2ccccc12. The molecule has 0 bridgehead atoms. The third kappa shape index (κ3) is 4.25. The Morgan fingerprint density at radius 2 is 1.78 bits per heavy atom. The van der Waals surface area contributed by atoms with Crippen LogP contribution in [0.5, 0.6) is 0 Å². The largest absolute Gasteiger partial charge is 0.362 e. The number of aromatic amines is 1. The van der Waals surface area contributed by atoms with Gasteiger partial charge in [-0.15, -0.1) is 0 Å². The maximum absolute atomic E-state index is 13.4. The first kappa shape index (κ1) is 20.7. The fourth-order valence-corrected chi connectivity index (χ4v) is 4.65. The molecule has 166 valence electrons. The normalized spacial score (nSPS) is 18.8. The number of rotatable bonds is 6. The van der Waals surface area contributed by atoms with Gasteiger partial charge in [0.2, 0.25) is 5.95 Å². The Bertz CT molecular complexity index is 1230. The fraction of sp³-hybridized carbons (Fsp3) is 0.360. The van der Waals surface area contributed by atoms with Crippen LogP contribution in [0.25, 0.3) is 21.8 Å². The van der Waals surface area contributed by atoms with Gasteiger partial charge >= 0.3 is 0 Å². The van der Waals surface area contributed by atoms with Crippen LogP contribution in [0, 0.1) is 5.82 Å². The Morgan fingerprint density at radius 3 is 2.59 bits per heavy atom. The lowest BCUT2D eigenvalue weighted by Gasteiger charge is -2.30. The van der Waals surface area contributed by atoms with Gasteiger partial charge in [-0.3, -0.25) is 0 Å². The van der Waals surface area contributed by atoms with Gasteiger partial charge in [-0.2, -0.15) is 4.98 Å². The zero-order valence-corrected chi connectivity index (χ0v) is 18.5. The quantitative estimate of drug-likeness (QED) is 0.407. The third-order valence-corrected chi connectivity index (χ3v) is 6.38. The van der Waals surface area contributed by atoms with Gasteiger partial charge in [-0.05, 0) is 61.6 Å². The van der Waals surface area contributed by atoms with Crippen molar-refractivity contribution in [3.63, 3.8) is 0 Å². The highest BCUT2D eigenvalue weighted by Crippen LogP contribution is 2.27. The van der Waals surface area contributed by atoms with Crippen LogP contribution in [0.15, 0.2) is 48.7 Å². The summed E-state index contributed by atoms with van der Waals surface area (Å²) >= 11 is 0. The molecular formula is C25H29FN6. The Morgan fingerprint density at radius 1 is 1.00 bits per heavy atom. The molecule has 0 saturated heterocycles.